The van der Waals surface area contributed by atoms with Crippen LogP contribution in [-0.2, 0) is 0 Å². The van der Waals surface area contributed by atoms with Crippen LogP contribution in [0.15, 0.2) is 53.1 Å². The highest BCUT2D eigenvalue weighted by atomic mass is 79.9. The lowest BCUT2D eigenvalue weighted by Crippen LogP contribution is -1.90. The van der Waals surface area contributed by atoms with Crippen LogP contribution in [0.2, 0.25) is 5.02 Å². The minimum atomic E-state index is 0.563. The maximum Gasteiger partial charge on any atom is 0.153 e. The van der Waals surface area contributed by atoms with Gasteiger partial charge in [-0.1, -0.05) is 11.6 Å². The van der Waals surface area contributed by atoms with Gasteiger partial charge in [-0.05, 0) is 58.4 Å². The second-order valence-corrected chi connectivity index (χ2v) is 5.57. The van der Waals surface area contributed by atoms with Crippen LogP contribution in [-0.4, -0.2) is 4.98 Å². The van der Waals surface area contributed by atoms with E-state index in [1.54, 1.807) is 36.5 Å². The van der Waals surface area contributed by atoms with Crippen LogP contribution < -0.4 is 4.74 Å². The van der Waals surface area contributed by atoms with Crippen molar-refractivity contribution in [2.24, 2.45) is 0 Å². The van der Waals surface area contributed by atoms with Crippen molar-refractivity contribution in [3.8, 4) is 17.6 Å². The predicted octanol–water partition coefficient (Wildman–Crippen LogP) is 5.31. The van der Waals surface area contributed by atoms with Crippen LogP contribution in [0.5, 0.6) is 11.5 Å². The average Bonchev–Trinajstić information content (AvgIpc) is 2.52. The van der Waals surface area contributed by atoms with Gasteiger partial charge in [0.15, 0.2) is 5.75 Å². The fourth-order valence-electron chi connectivity index (χ4n) is 1.97. The highest BCUT2D eigenvalue weighted by Gasteiger charge is 2.10. The summed E-state index contributed by atoms with van der Waals surface area (Å²) >= 11 is 9.56. The van der Waals surface area contributed by atoms with Gasteiger partial charge in [-0.2, -0.15) is 5.26 Å². The maximum absolute atomic E-state index is 8.88. The third kappa shape index (κ3) is 2.71. The van der Waals surface area contributed by atoms with E-state index >= 15 is 0 Å². The fraction of sp³-hybridized carbons (Fsp3) is 0. The van der Waals surface area contributed by atoms with E-state index in [0.717, 1.165) is 5.39 Å². The van der Waals surface area contributed by atoms with Crippen molar-refractivity contribution in [1.29, 1.82) is 5.26 Å². The molecule has 1 aromatic heterocycles. The first-order valence-corrected chi connectivity index (χ1v) is 7.27. The number of pyridine rings is 1. The van der Waals surface area contributed by atoms with Gasteiger partial charge >= 0.3 is 0 Å². The second-order valence-electron chi connectivity index (χ2n) is 4.30. The van der Waals surface area contributed by atoms with E-state index < -0.39 is 0 Å². The molecule has 5 heteroatoms. The monoisotopic (exact) mass is 358 g/mol. The lowest BCUT2D eigenvalue weighted by atomic mass is 10.2. The molecule has 0 aliphatic heterocycles. The topological polar surface area (TPSA) is 45.9 Å². The number of aromatic nitrogens is 1. The molecule has 0 saturated carbocycles. The average molecular weight is 360 g/mol. The van der Waals surface area contributed by atoms with E-state index in [9.17, 15) is 0 Å². The normalized spacial score (nSPS) is 10.3. The van der Waals surface area contributed by atoms with Gasteiger partial charge in [-0.15, -0.1) is 0 Å². The zero-order valence-corrected chi connectivity index (χ0v) is 13.0. The van der Waals surface area contributed by atoms with Gasteiger partial charge in [-0.25, -0.2) is 0 Å². The summed E-state index contributed by atoms with van der Waals surface area (Å²) in [7, 11) is 0. The van der Waals surface area contributed by atoms with Crippen molar-refractivity contribution in [1.82, 2.24) is 4.98 Å². The lowest BCUT2D eigenvalue weighted by molar-refractivity contribution is 0.484. The standard InChI is InChI=1S/C16H8BrClN2O/c17-12-8-10(9-19)3-5-14(12)21-15-6-4-13(18)11-2-1-7-20-16(11)15/h1-8H. The Kier molecular flexibility index (Phi) is 3.78. The molecule has 3 nitrogen and oxygen atoms in total. The third-order valence-corrected chi connectivity index (χ3v) is 3.91. The Morgan fingerprint density at radius 1 is 1.14 bits per heavy atom. The molecule has 0 amide bonds. The molecule has 0 fully saturated rings. The number of nitriles is 1. The molecule has 0 aliphatic carbocycles. The Bertz CT molecular complexity index is 874. The van der Waals surface area contributed by atoms with E-state index in [-0.39, 0.29) is 0 Å². The molecule has 0 aliphatic rings. The molecule has 0 unspecified atom stereocenters. The van der Waals surface area contributed by atoms with Crippen LogP contribution in [0, 0.1) is 11.3 Å². The van der Waals surface area contributed by atoms with Gasteiger partial charge in [0.1, 0.15) is 11.3 Å². The van der Waals surface area contributed by atoms with Crippen molar-refractivity contribution >= 4 is 38.4 Å². The van der Waals surface area contributed by atoms with Gasteiger partial charge < -0.3 is 4.74 Å². The van der Waals surface area contributed by atoms with Gasteiger partial charge in [0, 0.05) is 11.6 Å². The Morgan fingerprint density at radius 3 is 2.71 bits per heavy atom. The number of benzene rings is 2. The number of hydrogen-bond acceptors (Lipinski definition) is 3. The first-order chi connectivity index (χ1) is 10.2. The van der Waals surface area contributed by atoms with Crippen molar-refractivity contribution < 1.29 is 4.74 Å². The van der Waals surface area contributed by atoms with Gasteiger partial charge in [0.05, 0.1) is 21.1 Å². The number of ether oxygens (including phenoxy) is 1. The molecular weight excluding hydrogens is 352 g/mol. The third-order valence-electron chi connectivity index (χ3n) is 2.96. The molecule has 0 bridgehead atoms. The lowest BCUT2D eigenvalue weighted by Gasteiger charge is -2.10. The van der Waals surface area contributed by atoms with Crippen LogP contribution in [0.4, 0.5) is 0 Å². The first-order valence-electron chi connectivity index (χ1n) is 6.10. The molecule has 3 aromatic rings. The molecule has 21 heavy (non-hydrogen) atoms. The summed E-state index contributed by atoms with van der Waals surface area (Å²) in [5, 5.41) is 10.3. The molecule has 1 heterocycles. The molecular formula is C16H8BrClN2O. The number of hydrogen-bond donors (Lipinski definition) is 0. The quantitative estimate of drug-likeness (QED) is 0.622. The number of nitrogens with zero attached hydrogens (tertiary/aromatic N) is 2. The van der Waals surface area contributed by atoms with Gasteiger partial charge in [-0.3, -0.25) is 4.98 Å². The van der Waals surface area contributed by atoms with Gasteiger partial charge in [0.25, 0.3) is 0 Å². The zero-order valence-electron chi connectivity index (χ0n) is 10.7. The highest BCUT2D eigenvalue weighted by molar-refractivity contribution is 9.10. The summed E-state index contributed by atoms with van der Waals surface area (Å²) in [6, 6.07) is 14.5. The summed E-state index contributed by atoms with van der Waals surface area (Å²) in [6.07, 6.45) is 1.69. The Balaban J connectivity index is 2.07. The summed E-state index contributed by atoms with van der Waals surface area (Å²) in [6.45, 7) is 0. The SMILES string of the molecule is N#Cc1ccc(Oc2ccc(Cl)c3cccnc23)c(Br)c1. The Labute approximate surface area is 134 Å². The minimum absolute atomic E-state index is 0.563. The molecule has 0 spiro atoms. The van der Waals surface area contributed by atoms with E-state index in [1.165, 1.54) is 0 Å². The summed E-state index contributed by atoms with van der Waals surface area (Å²) in [5.41, 5.74) is 1.26. The van der Waals surface area contributed by atoms with Crippen LogP contribution in [0.1, 0.15) is 5.56 Å². The Hall–Kier alpha value is -2.09. The molecule has 0 saturated heterocycles. The zero-order chi connectivity index (χ0) is 14.8. The molecule has 0 N–H and O–H groups in total. The van der Waals surface area contributed by atoms with E-state index in [2.05, 4.69) is 27.0 Å². The smallest absolute Gasteiger partial charge is 0.153 e. The van der Waals surface area contributed by atoms with E-state index in [4.69, 9.17) is 21.6 Å². The molecule has 2 aromatic carbocycles. The number of fused-ring (bicyclic) bond motifs is 1. The molecule has 3 rings (SSSR count). The summed E-state index contributed by atoms with van der Waals surface area (Å²) in [5.74, 6) is 1.23. The van der Waals surface area contributed by atoms with Crippen molar-refractivity contribution in [2.45, 2.75) is 0 Å². The van der Waals surface area contributed by atoms with Crippen molar-refractivity contribution in [2.75, 3.05) is 0 Å². The summed E-state index contributed by atoms with van der Waals surface area (Å²) < 4.78 is 6.61. The van der Waals surface area contributed by atoms with E-state index in [0.29, 0.717) is 32.1 Å². The largest absolute Gasteiger partial charge is 0.454 e. The number of halogens is 2. The first kappa shape index (κ1) is 13.9. The predicted molar refractivity (Wildman–Crippen MR) is 85.7 cm³/mol. The van der Waals surface area contributed by atoms with Crippen LogP contribution >= 0.6 is 27.5 Å². The van der Waals surface area contributed by atoms with Crippen LogP contribution in [0.25, 0.3) is 10.9 Å². The van der Waals surface area contributed by atoms with Crippen molar-refractivity contribution in [3.05, 3.63) is 63.7 Å². The fourth-order valence-corrected chi connectivity index (χ4v) is 2.64. The highest BCUT2D eigenvalue weighted by Crippen LogP contribution is 2.35. The molecule has 0 atom stereocenters. The van der Waals surface area contributed by atoms with Gasteiger partial charge in [0.2, 0.25) is 0 Å². The molecule has 102 valence electrons. The van der Waals surface area contributed by atoms with E-state index in [1.807, 2.05) is 12.1 Å². The van der Waals surface area contributed by atoms with Crippen LogP contribution in [0.3, 0.4) is 0 Å². The summed E-state index contributed by atoms with van der Waals surface area (Å²) in [4.78, 5) is 4.32. The Morgan fingerprint density at radius 2 is 1.95 bits per heavy atom. The minimum Gasteiger partial charge on any atom is -0.454 e. The second kappa shape index (κ2) is 5.72. The maximum atomic E-state index is 8.88. The number of rotatable bonds is 2. The van der Waals surface area contributed by atoms with Crippen molar-refractivity contribution in [3.63, 3.8) is 0 Å². The molecule has 0 radical (unpaired) electrons.